The van der Waals surface area contributed by atoms with Gasteiger partial charge in [-0.1, -0.05) is 48.6 Å². The number of rotatable bonds is 4. The summed E-state index contributed by atoms with van der Waals surface area (Å²) >= 11 is 0. The molecule has 0 saturated heterocycles. The highest BCUT2D eigenvalue weighted by molar-refractivity contribution is 5.62. The number of methoxy groups -OCH3 is 1. The van der Waals surface area contributed by atoms with Gasteiger partial charge in [-0.3, -0.25) is 0 Å². The summed E-state index contributed by atoms with van der Waals surface area (Å²) in [5.41, 5.74) is 3.27. The first-order chi connectivity index (χ1) is 9.26. The highest BCUT2D eigenvalue weighted by Crippen LogP contribution is 2.34. The van der Waals surface area contributed by atoms with E-state index in [1.807, 2.05) is 43.3 Å². The third kappa shape index (κ3) is 2.97. The fraction of sp³-hybridized carbons (Fsp3) is 0.176. The molecule has 2 aromatic rings. The second-order valence-electron chi connectivity index (χ2n) is 4.35. The Bertz CT molecular complexity index is 571. The van der Waals surface area contributed by atoms with Crippen LogP contribution in [-0.4, -0.2) is 12.2 Å². The van der Waals surface area contributed by atoms with Crippen LogP contribution in [-0.2, 0) is 6.42 Å². The summed E-state index contributed by atoms with van der Waals surface area (Å²) in [5, 5.41) is 9.91. The van der Waals surface area contributed by atoms with Crippen LogP contribution in [0.4, 0.5) is 0 Å². The zero-order chi connectivity index (χ0) is 13.7. The molecule has 0 unspecified atom stereocenters. The predicted molar refractivity (Wildman–Crippen MR) is 78.6 cm³/mol. The van der Waals surface area contributed by atoms with Gasteiger partial charge >= 0.3 is 0 Å². The van der Waals surface area contributed by atoms with Gasteiger partial charge in [0.2, 0.25) is 0 Å². The maximum atomic E-state index is 9.91. The molecule has 1 N–H and O–H groups in total. The average Bonchev–Trinajstić information content (AvgIpc) is 2.43. The van der Waals surface area contributed by atoms with E-state index < -0.39 is 0 Å². The van der Waals surface area contributed by atoms with Crippen LogP contribution in [0.15, 0.2) is 48.5 Å². The minimum Gasteiger partial charge on any atom is -0.504 e. The molecule has 0 aliphatic carbocycles. The molecule has 0 radical (unpaired) electrons. The SMILES string of the molecule is C/C=C/c1ccc(O)c(OC)c1Cc1ccccc1. The Morgan fingerprint density at radius 2 is 1.84 bits per heavy atom. The van der Waals surface area contributed by atoms with Crippen LogP contribution in [0.3, 0.4) is 0 Å². The lowest BCUT2D eigenvalue weighted by atomic mass is 9.98. The van der Waals surface area contributed by atoms with E-state index in [0.717, 1.165) is 17.5 Å². The molecule has 2 heteroatoms. The molecular formula is C17H18O2. The van der Waals surface area contributed by atoms with Crippen molar-refractivity contribution in [3.05, 3.63) is 65.2 Å². The molecule has 2 rings (SSSR count). The summed E-state index contributed by atoms with van der Waals surface area (Å²) in [5.74, 6) is 0.737. The van der Waals surface area contributed by atoms with Crippen molar-refractivity contribution in [2.24, 2.45) is 0 Å². The molecule has 0 atom stereocenters. The summed E-state index contributed by atoms with van der Waals surface area (Å²) < 4.78 is 5.35. The summed E-state index contributed by atoms with van der Waals surface area (Å²) in [6.07, 6.45) is 4.75. The Kier molecular flexibility index (Phi) is 4.24. The van der Waals surface area contributed by atoms with E-state index in [4.69, 9.17) is 4.74 Å². The fourth-order valence-corrected chi connectivity index (χ4v) is 2.18. The van der Waals surface area contributed by atoms with E-state index in [1.54, 1.807) is 13.2 Å². The Balaban J connectivity index is 2.49. The van der Waals surface area contributed by atoms with E-state index in [0.29, 0.717) is 5.75 Å². The molecule has 2 aromatic carbocycles. The van der Waals surface area contributed by atoms with Crippen LogP contribution in [0, 0.1) is 0 Å². The monoisotopic (exact) mass is 254 g/mol. The molecule has 0 bridgehead atoms. The molecule has 0 aliphatic heterocycles. The van der Waals surface area contributed by atoms with Crippen molar-refractivity contribution in [3.8, 4) is 11.5 Å². The quantitative estimate of drug-likeness (QED) is 0.892. The molecule has 0 amide bonds. The maximum Gasteiger partial charge on any atom is 0.164 e. The number of allylic oxidation sites excluding steroid dienone is 1. The standard InChI is InChI=1S/C17H18O2/c1-3-7-14-10-11-16(18)17(19-2)15(14)12-13-8-5-4-6-9-13/h3-11,18H,12H2,1-2H3/b7-3+. The number of hydrogen-bond donors (Lipinski definition) is 1. The first kappa shape index (κ1) is 13.2. The number of phenols is 1. The smallest absolute Gasteiger partial charge is 0.164 e. The van der Waals surface area contributed by atoms with Crippen LogP contribution in [0.1, 0.15) is 23.6 Å². The molecule has 0 aliphatic rings. The van der Waals surface area contributed by atoms with Gasteiger partial charge in [0.05, 0.1) is 7.11 Å². The van der Waals surface area contributed by atoms with Crippen molar-refractivity contribution in [1.82, 2.24) is 0 Å². The van der Waals surface area contributed by atoms with Crippen molar-refractivity contribution in [3.63, 3.8) is 0 Å². The van der Waals surface area contributed by atoms with Gasteiger partial charge in [-0.2, -0.15) is 0 Å². The van der Waals surface area contributed by atoms with Gasteiger partial charge in [-0.05, 0) is 24.1 Å². The minimum atomic E-state index is 0.182. The van der Waals surface area contributed by atoms with Gasteiger partial charge in [0.25, 0.3) is 0 Å². The first-order valence-electron chi connectivity index (χ1n) is 6.31. The largest absolute Gasteiger partial charge is 0.504 e. The number of ether oxygens (including phenoxy) is 1. The Hall–Kier alpha value is -2.22. The second kappa shape index (κ2) is 6.10. The predicted octanol–water partition coefficient (Wildman–Crippen LogP) is 4.02. The van der Waals surface area contributed by atoms with Crippen LogP contribution in [0.2, 0.25) is 0 Å². The highest BCUT2D eigenvalue weighted by Gasteiger charge is 2.12. The summed E-state index contributed by atoms with van der Waals surface area (Å²) in [6.45, 7) is 1.98. The zero-order valence-corrected chi connectivity index (χ0v) is 11.3. The van der Waals surface area contributed by atoms with Gasteiger partial charge in [0.15, 0.2) is 11.5 Å². The topological polar surface area (TPSA) is 29.5 Å². The van der Waals surface area contributed by atoms with E-state index in [9.17, 15) is 5.11 Å². The Morgan fingerprint density at radius 1 is 1.11 bits per heavy atom. The van der Waals surface area contributed by atoms with Crippen molar-refractivity contribution in [1.29, 1.82) is 0 Å². The lowest BCUT2D eigenvalue weighted by Crippen LogP contribution is -1.97. The molecule has 0 spiro atoms. The van der Waals surface area contributed by atoms with Crippen LogP contribution in [0.5, 0.6) is 11.5 Å². The van der Waals surface area contributed by atoms with E-state index in [1.165, 1.54) is 5.56 Å². The number of hydrogen-bond acceptors (Lipinski definition) is 2. The summed E-state index contributed by atoms with van der Waals surface area (Å²) in [4.78, 5) is 0. The normalized spacial score (nSPS) is 10.8. The van der Waals surface area contributed by atoms with Crippen molar-refractivity contribution in [2.75, 3.05) is 7.11 Å². The minimum absolute atomic E-state index is 0.182. The summed E-state index contributed by atoms with van der Waals surface area (Å²) in [6, 6.07) is 13.8. The molecule has 98 valence electrons. The average molecular weight is 254 g/mol. The van der Waals surface area contributed by atoms with Gasteiger partial charge in [0.1, 0.15) is 0 Å². The summed E-state index contributed by atoms with van der Waals surface area (Å²) in [7, 11) is 1.59. The zero-order valence-electron chi connectivity index (χ0n) is 11.3. The van der Waals surface area contributed by atoms with Crippen molar-refractivity contribution in [2.45, 2.75) is 13.3 Å². The van der Waals surface area contributed by atoms with Crippen molar-refractivity contribution < 1.29 is 9.84 Å². The van der Waals surface area contributed by atoms with Gasteiger partial charge in [-0.25, -0.2) is 0 Å². The van der Waals surface area contributed by atoms with Crippen LogP contribution in [0.25, 0.3) is 6.08 Å². The van der Waals surface area contributed by atoms with Gasteiger partial charge in [0, 0.05) is 12.0 Å². The lowest BCUT2D eigenvalue weighted by Gasteiger charge is -2.13. The van der Waals surface area contributed by atoms with E-state index in [2.05, 4.69) is 12.1 Å². The molecule has 0 aromatic heterocycles. The first-order valence-corrected chi connectivity index (χ1v) is 6.31. The Morgan fingerprint density at radius 3 is 2.47 bits per heavy atom. The number of benzene rings is 2. The van der Waals surface area contributed by atoms with Gasteiger partial charge in [-0.15, -0.1) is 0 Å². The molecule has 2 nitrogen and oxygen atoms in total. The highest BCUT2D eigenvalue weighted by atomic mass is 16.5. The second-order valence-corrected chi connectivity index (χ2v) is 4.35. The molecule has 0 heterocycles. The van der Waals surface area contributed by atoms with Crippen LogP contribution >= 0.6 is 0 Å². The van der Waals surface area contributed by atoms with E-state index >= 15 is 0 Å². The number of aromatic hydroxyl groups is 1. The third-order valence-electron chi connectivity index (χ3n) is 3.05. The molecule has 19 heavy (non-hydrogen) atoms. The molecule has 0 saturated carbocycles. The van der Waals surface area contributed by atoms with E-state index in [-0.39, 0.29) is 5.75 Å². The molecule has 0 fully saturated rings. The molecular weight excluding hydrogens is 236 g/mol. The van der Waals surface area contributed by atoms with Crippen LogP contribution < -0.4 is 4.74 Å². The van der Waals surface area contributed by atoms with Gasteiger partial charge < -0.3 is 9.84 Å². The number of phenolic OH excluding ortho intramolecular Hbond substituents is 1. The fourth-order valence-electron chi connectivity index (χ4n) is 2.18. The lowest BCUT2D eigenvalue weighted by molar-refractivity contribution is 0.370. The Labute approximate surface area is 114 Å². The van der Waals surface area contributed by atoms with Crippen molar-refractivity contribution >= 4 is 6.08 Å². The maximum absolute atomic E-state index is 9.91. The third-order valence-corrected chi connectivity index (χ3v) is 3.05.